The average molecular weight is 275 g/mol. The summed E-state index contributed by atoms with van der Waals surface area (Å²) in [5, 5.41) is 6.11. The number of amides is 1. The number of nitrogens with zero attached hydrogens (tertiary/aromatic N) is 1. The molecule has 1 fully saturated rings. The Morgan fingerprint density at radius 1 is 1.25 bits per heavy atom. The lowest BCUT2D eigenvalue weighted by Crippen LogP contribution is -2.37. The predicted octanol–water partition coefficient (Wildman–Crippen LogP) is 2.25. The third-order valence-corrected chi connectivity index (χ3v) is 3.92. The number of hydrogen-bond acceptors (Lipinski definition) is 3. The second-order valence-corrected chi connectivity index (χ2v) is 5.44. The molecule has 0 saturated carbocycles. The van der Waals surface area contributed by atoms with Gasteiger partial charge in [0.25, 0.3) is 5.91 Å². The van der Waals surface area contributed by atoms with Crippen molar-refractivity contribution in [1.82, 2.24) is 10.2 Å². The first kappa shape index (κ1) is 14.9. The second-order valence-electron chi connectivity index (χ2n) is 5.44. The summed E-state index contributed by atoms with van der Waals surface area (Å²) in [4.78, 5) is 14.6. The monoisotopic (exact) mass is 275 g/mol. The number of benzene rings is 1. The van der Waals surface area contributed by atoms with Gasteiger partial charge in [0.05, 0.1) is 0 Å². The van der Waals surface area contributed by atoms with E-state index >= 15 is 0 Å². The van der Waals surface area contributed by atoms with E-state index in [1.807, 2.05) is 32.2 Å². The van der Waals surface area contributed by atoms with Crippen molar-refractivity contribution >= 4 is 11.6 Å². The molecule has 1 heterocycles. The highest BCUT2D eigenvalue weighted by atomic mass is 16.1. The summed E-state index contributed by atoms with van der Waals surface area (Å²) < 4.78 is 0. The van der Waals surface area contributed by atoms with Crippen molar-refractivity contribution < 1.29 is 4.79 Å². The van der Waals surface area contributed by atoms with Crippen LogP contribution in [0.2, 0.25) is 0 Å². The van der Waals surface area contributed by atoms with Crippen LogP contribution in [0.3, 0.4) is 0 Å². The Hall–Kier alpha value is -1.55. The van der Waals surface area contributed by atoms with E-state index < -0.39 is 0 Å². The van der Waals surface area contributed by atoms with E-state index in [9.17, 15) is 4.79 Å². The molecular weight excluding hydrogens is 250 g/mol. The summed E-state index contributed by atoms with van der Waals surface area (Å²) >= 11 is 0. The molecule has 4 heteroatoms. The number of anilines is 1. The third-order valence-electron chi connectivity index (χ3n) is 3.92. The van der Waals surface area contributed by atoms with Crippen molar-refractivity contribution in [3.63, 3.8) is 0 Å². The van der Waals surface area contributed by atoms with Gasteiger partial charge in [-0.2, -0.15) is 0 Å². The molecule has 1 saturated heterocycles. The fraction of sp³-hybridized carbons (Fsp3) is 0.562. The van der Waals surface area contributed by atoms with Crippen molar-refractivity contribution in [3.05, 3.63) is 29.3 Å². The highest BCUT2D eigenvalue weighted by Gasteiger charge is 2.12. The van der Waals surface area contributed by atoms with E-state index in [-0.39, 0.29) is 5.91 Å². The minimum absolute atomic E-state index is 0.0298. The van der Waals surface area contributed by atoms with Crippen LogP contribution in [0, 0.1) is 6.92 Å². The summed E-state index contributed by atoms with van der Waals surface area (Å²) in [7, 11) is 1.88. The number of nitrogens with one attached hydrogen (secondary N) is 2. The lowest BCUT2D eigenvalue weighted by atomic mass is 10.1. The van der Waals surface area contributed by atoms with Gasteiger partial charge in [0.15, 0.2) is 0 Å². The number of piperidine rings is 1. The summed E-state index contributed by atoms with van der Waals surface area (Å²) in [6, 6.07) is 5.82. The first-order valence-corrected chi connectivity index (χ1v) is 7.49. The Morgan fingerprint density at radius 2 is 2.00 bits per heavy atom. The van der Waals surface area contributed by atoms with Crippen LogP contribution in [-0.4, -0.2) is 44.0 Å². The summed E-state index contributed by atoms with van der Waals surface area (Å²) in [5.74, 6) is 0.0298. The van der Waals surface area contributed by atoms with E-state index in [1.54, 1.807) is 0 Å². The number of aryl methyl sites for hydroxylation is 1. The molecule has 0 unspecified atom stereocenters. The molecule has 2 N–H and O–H groups in total. The van der Waals surface area contributed by atoms with Crippen molar-refractivity contribution in [1.29, 1.82) is 0 Å². The van der Waals surface area contributed by atoms with Gasteiger partial charge in [-0.25, -0.2) is 0 Å². The number of rotatable bonds is 5. The largest absolute Gasteiger partial charge is 0.388 e. The van der Waals surface area contributed by atoms with Gasteiger partial charge in [-0.1, -0.05) is 6.42 Å². The van der Waals surface area contributed by atoms with Crippen molar-refractivity contribution in [2.75, 3.05) is 38.5 Å². The maximum absolute atomic E-state index is 12.2. The molecule has 1 aromatic carbocycles. The lowest BCUT2D eigenvalue weighted by Gasteiger charge is -2.26. The zero-order valence-corrected chi connectivity index (χ0v) is 12.5. The zero-order chi connectivity index (χ0) is 14.4. The van der Waals surface area contributed by atoms with Crippen molar-refractivity contribution in [3.8, 4) is 0 Å². The van der Waals surface area contributed by atoms with Gasteiger partial charge in [-0.05, 0) is 56.6 Å². The molecule has 0 atom stereocenters. The Morgan fingerprint density at radius 3 is 2.65 bits per heavy atom. The number of carbonyl (C=O) groups is 1. The van der Waals surface area contributed by atoms with Gasteiger partial charge in [0.1, 0.15) is 0 Å². The standard InChI is InChI=1S/C16H25N3O/c1-13-12-14(17-2)6-7-15(13)16(20)18-8-11-19-9-4-3-5-10-19/h6-7,12,17H,3-5,8-11H2,1-2H3,(H,18,20). The van der Waals surface area contributed by atoms with Crippen LogP contribution in [0.15, 0.2) is 18.2 Å². The summed E-state index contributed by atoms with van der Waals surface area (Å²) in [5.41, 5.74) is 2.81. The molecular formula is C16H25N3O. The van der Waals surface area contributed by atoms with E-state index in [2.05, 4.69) is 15.5 Å². The third kappa shape index (κ3) is 3.97. The predicted molar refractivity (Wildman–Crippen MR) is 83.3 cm³/mol. The summed E-state index contributed by atoms with van der Waals surface area (Å²) in [6.07, 6.45) is 3.93. The Balaban J connectivity index is 1.82. The average Bonchev–Trinajstić information content (AvgIpc) is 2.48. The molecule has 0 aliphatic carbocycles. The van der Waals surface area contributed by atoms with Gasteiger partial charge >= 0.3 is 0 Å². The number of likely N-dealkylation sites (tertiary alicyclic amines) is 1. The van der Waals surface area contributed by atoms with Gasteiger partial charge in [-0.3, -0.25) is 4.79 Å². The minimum atomic E-state index is 0.0298. The zero-order valence-electron chi connectivity index (χ0n) is 12.5. The maximum Gasteiger partial charge on any atom is 0.251 e. The molecule has 20 heavy (non-hydrogen) atoms. The molecule has 0 bridgehead atoms. The minimum Gasteiger partial charge on any atom is -0.388 e. The lowest BCUT2D eigenvalue weighted by molar-refractivity contribution is 0.0946. The quantitative estimate of drug-likeness (QED) is 0.866. The number of carbonyl (C=O) groups excluding carboxylic acids is 1. The molecule has 4 nitrogen and oxygen atoms in total. The molecule has 110 valence electrons. The Bertz CT molecular complexity index is 453. The SMILES string of the molecule is CNc1ccc(C(=O)NCCN2CCCCC2)c(C)c1. The molecule has 1 amide bonds. The highest BCUT2D eigenvalue weighted by molar-refractivity contribution is 5.96. The number of hydrogen-bond donors (Lipinski definition) is 2. The van der Waals surface area contributed by atoms with Crippen LogP contribution < -0.4 is 10.6 Å². The van der Waals surface area contributed by atoms with Crippen LogP contribution in [0.5, 0.6) is 0 Å². The van der Waals surface area contributed by atoms with E-state index in [0.717, 1.165) is 29.9 Å². The van der Waals surface area contributed by atoms with Crippen LogP contribution in [0.4, 0.5) is 5.69 Å². The van der Waals surface area contributed by atoms with E-state index in [1.165, 1.54) is 32.4 Å². The summed E-state index contributed by atoms with van der Waals surface area (Å²) in [6.45, 7) is 6.00. The first-order chi connectivity index (χ1) is 9.70. The Kier molecular flexibility index (Phi) is 5.41. The van der Waals surface area contributed by atoms with Gasteiger partial charge in [0, 0.05) is 31.4 Å². The van der Waals surface area contributed by atoms with Crippen molar-refractivity contribution in [2.45, 2.75) is 26.2 Å². The first-order valence-electron chi connectivity index (χ1n) is 7.49. The highest BCUT2D eigenvalue weighted by Crippen LogP contribution is 2.14. The van der Waals surface area contributed by atoms with Crippen LogP contribution >= 0.6 is 0 Å². The molecule has 0 aromatic heterocycles. The molecule has 2 rings (SSSR count). The Labute approximate surface area is 121 Å². The smallest absolute Gasteiger partial charge is 0.251 e. The van der Waals surface area contributed by atoms with Gasteiger partial charge < -0.3 is 15.5 Å². The second kappa shape index (κ2) is 7.29. The van der Waals surface area contributed by atoms with Crippen LogP contribution in [0.25, 0.3) is 0 Å². The molecule has 1 aliphatic rings. The van der Waals surface area contributed by atoms with Crippen LogP contribution in [-0.2, 0) is 0 Å². The fourth-order valence-corrected chi connectivity index (χ4v) is 2.68. The maximum atomic E-state index is 12.2. The van der Waals surface area contributed by atoms with Gasteiger partial charge in [0.2, 0.25) is 0 Å². The fourth-order valence-electron chi connectivity index (χ4n) is 2.68. The van der Waals surface area contributed by atoms with Crippen LogP contribution in [0.1, 0.15) is 35.2 Å². The van der Waals surface area contributed by atoms with Gasteiger partial charge in [-0.15, -0.1) is 0 Å². The molecule has 0 radical (unpaired) electrons. The van der Waals surface area contributed by atoms with Crippen molar-refractivity contribution in [2.24, 2.45) is 0 Å². The topological polar surface area (TPSA) is 44.4 Å². The molecule has 1 aromatic rings. The normalized spacial score (nSPS) is 15.9. The molecule has 1 aliphatic heterocycles. The molecule has 0 spiro atoms. The van der Waals surface area contributed by atoms with E-state index in [4.69, 9.17) is 0 Å². The van der Waals surface area contributed by atoms with E-state index in [0.29, 0.717) is 0 Å².